The van der Waals surface area contributed by atoms with Crippen molar-refractivity contribution < 1.29 is 56.9 Å². The zero-order chi connectivity index (χ0) is 20.4. The first kappa shape index (κ1) is 35.0. The van der Waals surface area contributed by atoms with Gasteiger partial charge in [0.15, 0.2) is 0 Å². The molecule has 0 atom stereocenters. The summed E-state index contributed by atoms with van der Waals surface area (Å²) in [7, 11) is 0. The van der Waals surface area contributed by atoms with Crippen LogP contribution < -0.4 is 48.0 Å². The van der Waals surface area contributed by atoms with Crippen molar-refractivity contribution in [3.63, 3.8) is 0 Å². The average molecular weight is 639 g/mol. The third kappa shape index (κ3) is 15.8. The number of hydrogen-bond acceptors (Lipinski definition) is 0. The molecular formula is C25H56I2N2. The second kappa shape index (κ2) is 22.6. The Balaban J connectivity index is -0.00000338. The van der Waals surface area contributed by atoms with Crippen molar-refractivity contribution >= 4 is 0 Å². The molecule has 0 aliphatic rings. The lowest BCUT2D eigenvalue weighted by molar-refractivity contribution is -0.928. The Kier molecular flexibility index (Phi) is 27.2. The number of rotatable bonds is 20. The van der Waals surface area contributed by atoms with E-state index in [1.165, 1.54) is 132 Å². The quantitative estimate of drug-likeness (QED) is 0.106. The van der Waals surface area contributed by atoms with Gasteiger partial charge in [-0.3, -0.25) is 0 Å². The highest BCUT2D eigenvalue weighted by molar-refractivity contribution is 4.51. The standard InChI is InChI=1S/C25H56N2.2HI/c1-7-18-26(19-8-2,20-9-3)24-16-14-13-15-17-25-27(21-10-4,22-11-5)23-12-6;;/h7-25H2,1-6H3;2*1H/q+2;;/p-2. The molecule has 0 unspecified atom stereocenters. The van der Waals surface area contributed by atoms with E-state index in [-0.39, 0.29) is 48.0 Å². The molecule has 0 fully saturated rings. The maximum absolute atomic E-state index is 2.37. The maximum atomic E-state index is 2.37. The Bertz CT molecular complexity index is 260. The van der Waals surface area contributed by atoms with Crippen LogP contribution in [0, 0.1) is 0 Å². The van der Waals surface area contributed by atoms with Gasteiger partial charge in [0.05, 0.1) is 52.4 Å². The van der Waals surface area contributed by atoms with Crippen molar-refractivity contribution in [1.29, 1.82) is 0 Å². The average Bonchev–Trinajstić information content (AvgIpc) is 2.62. The van der Waals surface area contributed by atoms with Gasteiger partial charge in [-0.1, -0.05) is 48.0 Å². The van der Waals surface area contributed by atoms with Gasteiger partial charge in [-0.25, -0.2) is 0 Å². The molecule has 0 N–H and O–H groups in total. The van der Waals surface area contributed by atoms with Crippen LogP contribution in [-0.2, 0) is 0 Å². The highest BCUT2D eigenvalue weighted by Gasteiger charge is 2.25. The van der Waals surface area contributed by atoms with Gasteiger partial charge in [-0.05, 0) is 64.2 Å². The summed E-state index contributed by atoms with van der Waals surface area (Å²) in [5.74, 6) is 0. The SMILES string of the molecule is CCC[N+](CCC)(CCC)CCCCCCC[N+](CCC)(CCC)CCC.[I-].[I-]. The number of hydrogen-bond donors (Lipinski definition) is 0. The van der Waals surface area contributed by atoms with E-state index >= 15 is 0 Å². The molecular weight excluding hydrogens is 582 g/mol. The molecule has 0 aromatic rings. The molecule has 0 spiro atoms. The van der Waals surface area contributed by atoms with E-state index in [0.717, 1.165) is 0 Å². The summed E-state index contributed by atoms with van der Waals surface area (Å²) >= 11 is 0. The van der Waals surface area contributed by atoms with E-state index in [0.29, 0.717) is 0 Å². The van der Waals surface area contributed by atoms with Crippen molar-refractivity contribution in [2.45, 2.75) is 112 Å². The normalized spacial score (nSPS) is 11.8. The zero-order valence-corrected chi connectivity index (χ0v) is 25.4. The highest BCUT2D eigenvalue weighted by atomic mass is 127. The highest BCUT2D eigenvalue weighted by Crippen LogP contribution is 2.17. The largest absolute Gasteiger partial charge is 1.00 e. The maximum Gasteiger partial charge on any atom is 0.0786 e. The second-order valence-corrected chi connectivity index (χ2v) is 9.24. The molecule has 0 saturated heterocycles. The van der Waals surface area contributed by atoms with Crippen LogP contribution in [0.2, 0.25) is 0 Å². The van der Waals surface area contributed by atoms with E-state index in [2.05, 4.69) is 41.5 Å². The van der Waals surface area contributed by atoms with Crippen LogP contribution in [0.25, 0.3) is 0 Å². The smallest absolute Gasteiger partial charge is 0.0786 e. The molecule has 4 heteroatoms. The molecule has 0 bridgehead atoms. The van der Waals surface area contributed by atoms with Crippen LogP contribution in [0.1, 0.15) is 112 Å². The summed E-state index contributed by atoms with van der Waals surface area (Å²) in [6.07, 6.45) is 15.3. The second-order valence-electron chi connectivity index (χ2n) is 9.24. The lowest BCUT2D eigenvalue weighted by Crippen LogP contribution is -3.00. The third-order valence-corrected chi connectivity index (χ3v) is 6.45. The van der Waals surface area contributed by atoms with Gasteiger partial charge in [0.1, 0.15) is 0 Å². The molecule has 0 saturated carbocycles. The Morgan fingerprint density at radius 1 is 0.310 bits per heavy atom. The molecule has 0 rings (SSSR count). The monoisotopic (exact) mass is 638 g/mol. The molecule has 0 radical (unpaired) electrons. The van der Waals surface area contributed by atoms with E-state index in [9.17, 15) is 0 Å². The third-order valence-electron chi connectivity index (χ3n) is 6.45. The topological polar surface area (TPSA) is 0 Å². The van der Waals surface area contributed by atoms with E-state index in [1.807, 2.05) is 0 Å². The summed E-state index contributed by atoms with van der Waals surface area (Å²) in [5.41, 5.74) is 0. The van der Waals surface area contributed by atoms with Gasteiger partial charge in [-0.2, -0.15) is 0 Å². The van der Waals surface area contributed by atoms with Gasteiger partial charge in [0, 0.05) is 0 Å². The minimum Gasteiger partial charge on any atom is -1.00 e. The molecule has 0 aliphatic carbocycles. The van der Waals surface area contributed by atoms with Gasteiger partial charge in [-0.15, -0.1) is 0 Å². The van der Waals surface area contributed by atoms with Crippen LogP contribution in [0.15, 0.2) is 0 Å². The lowest BCUT2D eigenvalue weighted by Gasteiger charge is -2.39. The molecule has 0 heterocycles. The van der Waals surface area contributed by atoms with Crippen LogP contribution >= 0.6 is 0 Å². The van der Waals surface area contributed by atoms with Crippen molar-refractivity contribution in [1.82, 2.24) is 0 Å². The fraction of sp³-hybridized carbons (Fsp3) is 1.00. The predicted octanol–water partition coefficient (Wildman–Crippen LogP) is 1.04. The molecule has 0 amide bonds. The van der Waals surface area contributed by atoms with Gasteiger partial charge >= 0.3 is 0 Å². The first-order chi connectivity index (χ1) is 13.1. The zero-order valence-electron chi connectivity index (χ0n) is 21.1. The molecule has 0 aliphatic heterocycles. The van der Waals surface area contributed by atoms with Crippen molar-refractivity contribution in [3.8, 4) is 0 Å². The molecule has 2 nitrogen and oxygen atoms in total. The Morgan fingerprint density at radius 2 is 0.517 bits per heavy atom. The minimum atomic E-state index is 0. The Hall–Kier alpha value is 1.38. The van der Waals surface area contributed by atoms with Crippen LogP contribution in [0.3, 0.4) is 0 Å². The van der Waals surface area contributed by atoms with E-state index < -0.39 is 0 Å². The summed E-state index contributed by atoms with van der Waals surface area (Å²) in [6.45, 7) is 25.4. The van der Waals surface area contributed by atoms with E-state index in [4.69, 9.17) is 0 Å². The summed E-state index contributed by atoms with van der Waals surface area (Å²) in [4.78, 5) is 0. The van der Waals surface area contributed by atoms with Crippen LogP contribution in [-0.4, -0.2) is 61.3 Å². The Morgan fingerprint density at radius 3 is 0.724 bits per heavy atom. The summed E-state index contributed by atoms with van der Waals surface area (Å²) < 4.78 is 2.79. The molecule has 0 aromatic carbocycles. The van der Waals surface area contributed by atoms with Crippen molar-refractivity contribution in [2.75, 3.05) is 52.4 Å². The van der Waals surface area contributed by atoms with Crippen molar-refractivity contribution in [2.24, 2.45) is 0 Å². The number of nitrogens with zero attached hydrogens (tertiary/aromatic N) is 2. The lowest BCUT2D eigenvalue weighted by atomic mass is 10.1. The fourth-order valence-corrected chi connectivity index (χ4v) is 5.61. The van der Waals surface area contributed by atoms with Crippen LogP contribution in [0.5, 0.6) is 0 Å². The first-order valence-electron chi connectivity index (χ1n) is 12.8. The molecule has 180 valence electrons. The van der Waals surface area contributed by atoms with Gasteiger partial charge in [0.2, 0.25) is 0 Å². The fourth-order valence-electron chi connectivity index (χ4n) is 5.61. The first-order valence-corrected chi connectivity index (χ1v) is 12.8. The van der Waals surface area contributed by atoms with Gasteiger partial charge < -0.3 is 56.9 Å². The number of quaternary nitrogens is 2. The summed E-state index contributed by atoms with van der Waals surface area (Å²) in [6, 6.07) is 0. The molecule has 29 heavy (non-hydrogen) atoms. The van der Waals surface area contributed by atoms with Gasteiger partial charge in [0.25, 0.3) is 0 Å². The van der Waals surface area contributed by atoms with E-state index in [1.54, 1.807) is 0 Å². The Labute approximate surface area is 220 Å². The summed E-state index contributed by atoms with van der Waals surface area (Å²) in [5, 5.41) is 0. The minimum absolute atomic E-state index is 0. The molecule has 0 aromatic heterocycles. The number of halogens is 2. The van der Waals surface area contributed by atoms with Crippen molar-refractivity contribution in [3.05, 3.63) is 0 Å². The number of unbranched alkanes of at least 4 members (excludes halogenated alkanes) is 4. The predicted molar refractivity (Wildman–Crippen MR) is 124 cm³/mol. The van der Waals surface area contributed by atoms with Crippen LogP contribution in [0.4, 0.5) is 0 Å².